The van der Waals surface area contributed by atoms with Crippen molar-refractivity contribution in [1.82, 2.24) is 5.48 Å². The number of hydrogen-bond donors (Lipinski definition) is 3. The van der Waals surface area contributed by atoms with Gasteiger partial charge in [0, 0.05) is 5.92 Å². The molecule has 0 amide bonds. The molecule has 3 N–H and O–H groups in total. The Kier molecular flexibility index (Phi) is 7.26. The lowest BCUT2D eigenvalue weighted by Crippen LogP contribution is -2.34. The van der Waals surface area contributed by atoms with Gasteiger partial charge in [0.2, 0.25) is 0 Å². The molecule has 28 heavy (non-hydrogen) atoms. The van der Waals surface area contributed by atoms with Crippen molar-refractivity contribution in [3.05, 3.63) is 73.2 Å². The van der Waals surface area contributed by atoms with Gasteiger partial charge < -0.3 is 10.4 Å². The van der Waals surface area contributed by atoms with E-state index in [1.165, 1.54) is 0 Å². The van der Waals surface area contributed by atoms with Crippen molar-refractivity contribution in [1.29, 1.82) is 0 Å². The third kappa shape index (κ3) is 4.65. The number of halogens is 4. The highest BCUT2D eigenvalue weighted by molar-refractivity contribution is 6.42. The van der Waals surface area contributed by atoms with Crippen LogP contribution in [0.15, 0.2) is 47.1 Å². The van der Waals surface area contributed by atoms with Gasteiger partial charge in [-0.1, -0.05) is 63.7 Å². The molecule has 4 nitrogen and oxygen atoms in total. The summed E-state index contributed by atoms with van der Waals surface area (Å²) in [6.45, 7) is 0. The van der Waals surface area contributed by atoms with E-state index in [1.807, 2.05) is 12.1 Å². The molecule has 8 heteroatoms. The zero-order chi connectivity index (χ0) is 20.3. The van der Waals surface area contributed by atoms with Crippen molar-refractivity contribution in [2.45, 2.75) is 25.3 Å². The maximum atomic E-state index is 9.83. The molecule has 0 aliphatic heterocycles. The Morgan fingerprint density at radius 2 is 1.68 bits per heavy atom. The summed E-state index contributed by atoms with van der Waals surface area (Å²) >= 11 is 24.2. The van der Waals surface area contributed by atoms with Crippen molar-refractivity contribution in [2.75, 3.05) is 0 Å². The number of rotatable bonds is 4. The molecule has 3 rings (SSSR count). The fourth-order valence-corrected chi connectivity index (χ4v) is 4.14. The Balaban J connectivity index is 1.95. The molecular formula is C20H18Cl4N2O2. The van der Waals surface area contributed by atoms with Crippen LogP contribution >= 0.6 is 46.4 Å². The number of benzene rings is 2. The molecule has 0 aromatic heterocycles. The quantitative estimate of drug-likeness (QED) is 0.339. The predicted octanol–water partition coefficient (Wildman–Crippen LogP) is 7.03. The second-order valence-electron chi connectivity index (χ2n) is 6.61. The van der Waals surface area contributed by atoms with Gasteiger partial charge in [0.1, 0.15) is 0 Å². The number of nitrogens with zero attached hydrogens (tertiary/aromatic N) is 1. The highest BCUT2D eigenvalue weighted by atomic mass is 35.5. The minimum Gasteiger partial charge on any atom is -0.411 e. The Morgan fingerprint density at radius 1 is 1.00 bits per heavy atom. The molecule has 0 bridgehead atoms. The molecule has 2 aromatic rings. The first-order valence-corrected chi connectivity index (χ1v) is 10.2. The van der Waals surface area contributed by atoms with Crippen LogP contribution in [0.3, 0.4) is 0 Å². The van der Waals surface area contributed by atoms with Gasteiger partial charge in [-0.3, -0.25) is 0 Å². The van der Waals surface area contributed by atoms with E-state index in [-0.39, 0.29) is 5.92 Å². The number of oxime groups is 1. The highest BCUT2D eigenvalue weighted by Gasteiger charge is 2.33. The lowest BCUT2D eigenvalue weighted by atomic mass is 9.77. The number of hydrogen-bond acceptors (Lipinski definition) is 4. The van der Waals surface area contributed by atoms with Crippen molar-refractivity contribution in [3.63, 3.8) is 0 Å². The van der Waals surface area contributed by atoms with Crippen molar-refractivity contribution in [2.24, 2.45) is 11.1 Å². The average Bonchev–Trinajstić information content (AvgIpc) is 2.68. The number of hydroxylamine groups is 1. The van der Waals surface area contributed by atoms with E-state index in [4.69, 9.17) is 46.4 Å². The van der Waals surface area contributed by atoms with Crippen LogP contribution in [0.1, 0.15) is 36.4 Å². The zero-order valence-corrected chi connectivity index (χ0v) is 17.7. The van der Waals surface area contributed by atoms with E-state index in [2.05, 4.69) is 10.6 Å². The van der Waals surface area contributed by atoms with E-state index in [0.29, 0.717) is 25.8 Å². The highest BCUT2D eigenvalue weighted by Crippen LogP contribution is 2.38. The summed E-state index contributed by atoms with van der Waals surface area (Å²) in [5.41, 5.74) is 5.33. The molecule has 0 heterocycles. The molecule has 1 aliphatic carbocycles. The minimum absolute atomic E-state index is 0.255. The van der Waals surface area contributed by atoms with Gasteiger partial charge in [0.15, 0.2) is 0 Å². The lowest BCUT2D eigenvalue weighted by molar-refractivity contribution is 0.106. The molecular weight excluding hydrogens is 442 g/mol. The van der Waals surface area contributed by atoms with Crippen LogP contribution in [0.25, 0.3) is 6.08 Å². The normalized spacial score (nSPS) is 21.2. The van der Waals surface area contributed by atoms with E-state index in [9.17, 15) is 10.4 Å². The Bertz CT molecular complexity index is 930. The maximum Gasteiger partial charge on any atom is 0.0878 e. The summed E-state index contributed by atoms with van der Waals surface area (Å²) in [5, 5.41) is 24.9. The largest absolute Gasteiger partial charge is 0.411 e. The Hall–Kier alpha value is -1.27. The van der Waals surface area contributed by atoms with E-state index >= 15 is 0 Å². The summed E-state index contributed by atoms with van der Waals surface area (Å²) in [6, 6.07) is 9.99. The molecule has 1 aliphatic rings. The third-order valence-electron chi connectivity index (χ3n) is 4.88. The number of allylic oxidation sites excluding steroid dienone is 1. The first kappa shape index (κ1) is 21.4. The summed E-state index contributed by atoms with van der Waals surface area (Å²) in [4.78, 5) is 0. The fourth-order valence-electron chi connectivity index (χ4n) is 3.53. The van der Waals surface area contributed by atoms with E-state index < -0.39 is 6.04 Å². The topological polar surface area (TPSA) is 64.9 Å². The van der Waals surface area contributed by atoms with Crippen LogP contribution < -0.4 is 5.48 Å². The van der Waals surface area contributed by atoms with E-state index in [0.717, 1.165) is 36.0 Å². The average molecular weight is 460 g/mol. The second-order valence-corrected chi connectivity index (χ2v) is 8.24. The molecule has 2 atom stereocenters. The van der Waals surface area contributed by atoms with Crippen LogP contribution in [0.5, 0.6) is 0 Å². The second kappa shape index (κ2) is 9.49. The van der Waals surface area contributed by atoms with Crippen molar-refractivity contribution in [3.8, 4) is 0 Å². The third-order valence-corrected chi connectivity index (χ3v) is 6.36. The van der Waals surface area contributed by atoms with Crippen LogP contribution in [-0.4, -0.2) is 16.1 Å². The minimum atomic E-state index is -0.502. The molecule has 0 radical (unpaired) electrons. The van der Waals surface area contributed by atoms with Gasteiger partial charge in [-0.2, -0.15) is 5.48 Å². The Morgan fingerprint density at radius 3 is 2.29 bits per heavy atom. The Labute approximate surface area is 183 Å². The molecule has 0 spiro atoms. The van der Waals surface area contributed by atoms with Gasteiger partial charge in [0.25, 0.3) is 0 Å². The van der Waals surface area contributed by atoms with Gasteiger partial charge in [-0.25, -0.2) is 0 Å². The van der Waals surface area contributed by atoms with Crippen LogP contribution in [0.2, 0.25) is 20.1 Å². The standard InChI is InChI=1S/C20H18Cl4N2O2/c21-15-6-4-11(9-17(15)23)8-12-2-1-3-14(19(12)25-27)20(26-28)13-5-7-16(22)18(24)10-13/h4-10,14,20,26-28H,1-3H2. The smallest absolute Gasteiger partial charge is 0.0878 e. The SMILES string of the molecule is ON=C1C(=Cc2ccc(Cl)c(Cl)c2)CCCC1C(NO)c1ccc(Cl)c(Cl)c1. The molecule has 1 saturated carbocycles. The molecule has 2 aromatic carbocycles. The summed E-state index contributed by atoms with van der Waals surface area (Å²) < 4.78 is 0. The molecule has 0 saturated heterocycles. The van der Waals surface area contributed by atoms with Gasteiger partial charge in [-0.05, 0) is 66.3 Å². The monoisotopic (exact) mass is 458 g/mol. The van der Waals surface area contributed by atoms with Crippen molar-refractivity contribution < 1.29 is 10.4 Å². The van der Waals surface area contributed by atoms with Crippen LogP contribution in [0, 0.1) is 5.92 Å². The van der Waals surface area contributed by atoms with E-state index in [1.54, 1.807) is 30.3 Å². The first-order valence-electron chi connectivity index (χ1n) is 8.67. The molecule has 2 unspecified atom stereocenters. The lowest BCUT2D eigenvalue weighted by Gasteiger charge is -2.32. The van der Waals surface area contributed by atoms with Gasteiger partial charge >= 0.3 is 0 Å². The zero-order valence-electron chi connectivity index (χ0n) is 14.7. The van der Waals surface area contributed by atoms with Gasteiger partial charge in [0.05, 0.1) is 31.8 Å². The molecule has 1 fully saturated rings. The van der Waals surface area contributed by atoms with Crippen LogP contribution in [-0.2, 0) is 0 Å². The van der Waals surface area contributed by atoms with Crippen molar-refractivity contribution >= 4 is 58.2 Å². The van der Waals surface area contributed by atoms with Gasteiger partial charge in [-0.15, -0.1) is 0 Å². The summed E-state index contributed by atoms with van der Waals surface area (Å²) in [7, 11) is 0. The van der Waals surface area contributed by atoms with Crippen LogP contribution in [0.4, 0.5) is 0 Å². The summed E-state index contributed by atoms with van der Waals surface area (Å²) in [5.74, 6) is -0.255. The first-order chi connectivity index (χ1) is 13.4. The fraction of sp³-hybridized carbons (Fsp3) is 0.250. The molecule has 148 valence electrons. The maximum absolute atomic E-state index is 9.83. The predicted molar refractivity (Wildman–Crippen MR) is 115 cm³/mol. The number of nitrogens with one attached hydrogen (secondary N) is 1. The summed E-state index contributed by atoms with van der Waals surface area (Å²) in [6.07, 6.45) is 4.27.